The summed E-state index contributed by atoms with van der Waals surface area (Å²) in [6.45, 7) is 5.13. The van der Waals surface area contributed by atoms with Crippen LogP contribution in [0.2, 0.25) is 5.02 Å². The van der Waals surface area contributed by atoms with Crippen LogP contribution in [0.15, 0.2) is 108 Å². The summed E-state index contributed by atoms with van der Waals surface area (Å²) in [6, 6.07) is 28.4. The number of hydrogen-bond acceptors (Lipinski definition) is 5. The lowest BCUT2D eigenvalue weighted by molar-refractivity contribution is -0.140. The quantitative estimate of drug-likeness (QED) is 0.192. The largest absolute Gasteiger partial charge is 0.495 e. The smallest absolute Gasteiger partial charge is 0.264 e. The van der Waals surface area contributed by atoms with E-state index in [0.717, 1.165) is 21.0 Å². The molecular formula is C35H38ClN3O5S. The number of amides is 2. The summed E-state index contributed by atoms with van der Waals surface area (Å²) in [5.74, 6) is -0.695. The number of methoxy groups -OCH3 is 1. The predicted octanol–water partition coefficient (Wildman–Crippen LogP) is 6.02. The standard InChI is InChI=1S/C35H38ClN3O5S/c1-25(2)37-35(41)32(21-27-11-7-5-8-12-27)38(23-28-17-15-26(3)16-18-28)34(40)24-39(31-22-29(36)19-20-33(31)44-4)45(42,43)30-13-9-6-10-14-30/h5-20,22,25,32H,21,23-24H2,1-4H3,(H,37,41)/t32-/m0/s1. The van der Waals surface area contributed by atoms with E-state index in [0.29, 0.717) is 0 Å². The molecule has 0 bridgehead atoms. The zero-order valence-electron chi connectivity index (χ0n) is 25.8. The molecule has 0 heterocycles. The Morgan fingerprint density at radius 3 is 2.09 bits per heavy atom. The first-order valence-corrected chi connectivity index (χ1v) is 16.4. The van der Waals surface area contributed by atoms with Crippen molar-refractivity contribution in [2.45, 2.75) is 50.7 Å². The molecule has 45 heavy (non-hydrogen) atoms. The van der Waals surface area contributed by atoms with Gasteiger partial charge in [0.2, 0.25) is 11.8 Å². The maximum atomic E-state index is 14.5. The van der Waals surface area contributed by atoms with Crippen molar-refractivity contribution in [2.75, 3.05) is 18.0 Å². The predicted molar refractivity (Wildman–Crippen MR) is 178 cm³/mol. The molecule has 0 radical (unpaired) electrons. The molecule has 0 fully saturated rings. The Morgan fingerprint density at radius 1 is 0.867 bits per heavy atom. The Bertz CT molecular complexity index is 1700. The maximum Gasteiger partial charge on any atom is 0.264 e. The van der Waals surface area contributed by atoms with Gasteiger partial charge in [-0.2, -0.15) is 0 Å². The summed E-state index contributed by atoms with van der Waals surface area (Å²) in [4.78, 5) is 29.8. The molecule has 0 aliphatic heterocycles. The highest BCUT2D eigenvalue weighted by Crippen LogP contribution is 2.35. The molecule has 2 amide bonds. The summed E-state index contributed by atoms with van der Waals surface area (Å²) < 4.78 is 34.9. The molecule has 4 aromatic rings. The van der Waals surface area contributed by atoms with Gasteiger partial charge in [0.05, 0.1) is 17.7 Å². The number of halogens is 1. The van der Waals surface area contributed by atoms with Crippen LogP contribution in [-0.4, -0.2) is 50.9 Å². The SMILES string of the molecule is COc1ccc(Cl)cc1N(CC(=O)N(Cc1ccc(C)cc1)[C@@H](Cc1ccccc1)C(=O)NC(C)C)S(=O)(=O)c1ccccc1. The average molecular weight is 648 g/mol. The van der Waals surface area contributed by atoms with E-state index in [2.05, 4.69) is 5.32 Å². The van der Waals surface area contributed by atoms with Crippen molar-refractivity contribution in [3.8, 4) is 5.75 Å². The van der Waals surface area contributed by atoms with Crippen molar-refractivity contribution in [3.63, 3.8) is 0 Å². The number of nitrogens with zero attached hydrogens (tertiary/aromatic N) is 2. The molecule has 1 atom stereocenters. The summed E-state index contributed by atoms with van der Waals surface area (Å²) in [7, 11) is -2.87. The van der Waals surface area contributed by atoms with Crippen molar-refractivity contribution in [3.05, 3.63) is 125 Å². The fourth-order valence-electron chi connectivity index (χ4n) is 4.92. The number of anilines is 1. The first-order valence-electron chi connectivity index (χ1n) is 14.6. The van der Waals surface area contributed by atoms with Crippen LogP contribution in [-0.2, 0) is 32.6 Å². The van der Waals surface area contributed by atoms with Gasteiger partial charge in [0, 0.05) is 24.0 Å². The zero-order chi connectivity index (χ0) is 32.6. The minimum Gasteiger partial charge on any atom is -0.495 e. The second-order valence-corrected chi connectivity index (χ2v) is 13.3. The zero-order valence-corrected chi connectivity index (χ0v) is 27.4. The highest BCUT2D eigenvalue weighted by Gasteiger charge is 2.35. The van der Waals surface area contributed by atoms with Gasteiger partial charge in [-0.15, -0.1) is 0 Å². The van der Waals surface area contributed by atoms with Gasteiger partial charge in [0.25, 0.3) is 10.0 Å². The minimum atomic E-state index is -4.29. The van der Waals surface area contributed by atoms with Gasteiger partial charge in [0.1, 0.15) is 18.3 Å². The summed E-state index contributed by atoms with van der Waals surface area (Å²) in [5, 5.41) is 3.22. The molecular weight excluding hydrogens is 610 g/mol. The van der Waals surface area contributed by atoms with Gasteiger partial charge in [-0.05, 0) is 62.2 Å². The number of hydrogen-bond donors (Lipinski definition) is 1. The first-order chi connectivity index (χ1) is 21.5. The van der Waals surface area contributed by atoms with Crippen molar-refractivity contribution in [1.82, 2.24) is 10.2 Å². The van der Waals surface area contributed by atoms with Crippen LogP contribution in [0.5, 0.6) is 5.75 Å². The van der Waals surface area contributed by atoms with Gasteiger partial charge in [-0.25, -0.2) is 8.42 Å². The van der Waals surface area contributed by atoms with Gasteiger partial charge < -0.3 is 15.0 Å². The number of carbonyl (C=O) groups is 2. The number of sulfonamides is 1. The lowest BCUT2D eigenvalue weighted by atomic mass is 10.0. The molecule has 8 nitrogen and oxygen atoms in total. The van der Waals surface area contributed by atoms with E-state index in [4.69, 9.17) is 16.3 Å². The van der Waals surface area contributed by atoms with Crippen molar-refractivity contribution in [1.29, 1.82) is 0 Å². The molecule has 0 aliphatic carbocycles. The van der Waals surface area contributed by atoms with E-state index < -0.39 is 28.5 Å². The normalized spacial score (nSPS) is 12.0. The highest BCUT2D eigenvalue weighted by molar-refractivity contribution is 7.92. The lowest BCUT2D eigenvalue weighted by Gasteiger charge is -2.34. The van der Waals surface area contributed by atoms with E-state index >= 15 is 0 Å². The number of aryl methyl sites for hydroxylation is 1. The fraction of sp³-hybridized carbons (Fsp3) is 0.257. The van der Waals surface area contributed by atoms with Gasteiger partial charge >= 0.3 is 0 Å². The average Bonchev–Trinajstić information content (AvgIpc) is 3.02. The third kappa shape index (κ3) is 8.65. The summed E-state index contributed by atoms with van der Waals surface area (Å²) in [6.07, 6.45) is 0.225. The Balaban J connectivity index is 1.84. The maximum absolute atomic E-state index is 14.5. The van der Waals surface area contributed by atoms with Gasteiger partial charge in [0.15, 0.2) is 0 Å². The Kier molecular flexibility index (Phi) is 11.3. The third-order valence-electron chi connectivity index (χ3n) is 7.20. The van der Waals surface area contributed by atoms with Crippen LogP contribution < -0.4 is 14.4 Å². The molecule has 0 spiro atoms. The Morgan fingerprint density at radius 2 is 1.49 bits per heavy atom. The molecule has 4 aromatic carbocycles. The molecule has 1 N–H and O–H groups in total. The van der Waals surface area contributed by atoms with E-state index in [-0.39, 0.29) is 46.3 Å². The fourth-order valence-corrected chi connectivity index (χ4v) is 6.52. The van der Waals surface area contributed by atoms with Gasteiger partial charge in [-0.3, -0.25) is 13.9 Å². The molecule has 4 rings (SSSR count). The minimum absolute atomic E-state index is 0.0108. The lowest BCUT2D eigenvalue weighted by Crippen LogP contribution is -2.54. The van der Waals surface area contributed by atoms with Crippen molar-refractivity contribution in [2.24, 2.45) is 0 Å². The molecule has 0 unspecified atom stereocenters. The second-order valence-electron chi connectivity index (χ2n) is 11.0. The van der Waals surface area contributed by atoms with Crippen LogP contribution in [0.4, 0.5) is 5.69 Å². The molecule has 0 aromatic heterocycles. The van der Waals surface area contributed by atoms with Crippen LogP contribution >= 0.6 is 11.6 Å². The number of ether oxygens (including phenoxy) is 1. The van der Waals surface area contributed by atoms with Crippen LogP contribution in [0.3, 0.4) is 0 Å². The van der Waals surface area contributed by atoms with Crippen LogP contribution in [0, 0.1) is 6.92 Å². The summed E-state index contributed by atoms with van der Waals surface area (Å²) >= 11 is 6.34. The van der Waals surface area contributed by atoms with Gasteiger partial charge in [-0.1, -0.05) is 90.0 Å². The molecule has 236 valence electrons. The summed E-state index contributed by atoms with van der Waals surface area (Å²) in [5.41, 5.74) is 2.79. The van der Waals surface area contributed by atoms with E-state index in [1.807, 2.05) is 75.4 Å². The van der Waals surface area contributed by atoms with E-state index in [1.54, 1.807) is 30.3 Å². The monoisotopic (exact) mass is 647 g/mol. The topological polar surface area (TPSA) is 96.0 Å². The first kappa shape index (κ1) is 33.6. The Hall–Kier alpha value is -4.34. The number of benzene rings is 4. The molecule has 0 saturated carbocycles. The molecule has 0 saturated heterocycles. The number of rotatable bonds is 13. The van der Waals surface area contributed by atoms with Crippen molar-refractivity contribution < 1.29 is 22.7 Å². The molecule has 0 aliphatic rings. The third-order valence-corrected chi connectivity index (χ3v) is 9.20. The van der Waals surface area contributed by atoms with Crippen LogP contribution in [0.1, 0.15) is 30.5 Å². The Labute approximate surface area is 270 Å². The highest BCUT2D eigenvalue weighted by atomic mass is 35.5. The van der Waals surface area contributed by atoms with E-state index in [9.17, 15) is 18.0 Å². The van der Waals surface area contributed by atoms with E-state index in [1.165, 1.54) is 30.2 Å². The number of nitrogens with one attached hydrogen (secondary N) is 1. The second kappa shape index (κ2) is 15.1. The van der Waals surface area contributed by atoms with Crippen molar-refractivity contribution >= 4 is 39.1 Å². The van der Waals surface area contributed by atoms with Crippen LogP contribution in [0.25, 0.3) is 0 Å². The molecule has 10 heteroatoms. The number of carbonyl (C=O) groups excluding carboxylic acids is 2.